The maximum atomic E-state index is 13.6. The first kappa shape index (κ1) is 14.2. The van der Waals surface area contributed by atoms with E-state index in [1.54, 1.807) is 30.3 Å². The van der Waals surface area contributed by atoms with Gasteiger partial charge in [-0.1, -0.05) is 12.1 Å². The lowest BCUT2D eigenvalue weighted by atomic mass is 10.2. The van der Waals surface area contributed by atoms with E-state index >= 15 is 0 Å². The van der Waals surface area contributed by atoms with Gasteiger partial charge in [0, 0.05) is 5.69 Å². The number of nitrogens with zero attached hydrogens (tertiary/aromatic N) is 1. The Hall–Kier alpha value is -2.76. The third-order valence-corrected chi connectivity index (χ3v) is 3.42. The number of nitrogen functional groups attached to an aromatic ring is 1. The topological polar surface area (TPSA) is 67.6 Å². The summed E-state index contributed by atoms with van der Waals surface area (Å²) in [6.45, 7) is 1.17. The zero-order valence-corrected chi connectivity index (χ0v) is 11.9. The molecule has 114 valence electrons. The number of halogens is 1. The lowest BCUT2D eigenvalue weighted by Gasteiger charge is -2.30. The van der Waals surface area contributed by atoms with Gasteiger partial charge in [-0.25, -0.2) is 4.39 Å². The van der Waals surface area contributed by atoms with E-state index in [2.05, 4.69) is 5.32 Å². The lowest BCUT2D eigenvalue weighted by Crippen LogP contribution is -2.39. The summed E-state index contributed by atoms with van der Waals surface area (Å²) in [4.78, 5) is 14.0. The molecular formula is C16H16FN3O2. The van der Waals surface area contributed by atoms with Crippen molar-refractivity contribution in [2.75, 3.05) is 35.6 Å². The Morgan fingerprint density at radius 3 is 2.95 bits per heavy atom. The molecule has 2 aromatic carbocycles. The van der Waals surface area contributed by atoms with Crippen LogP contribution in [0.3, 0.4) is 0 Å². The highest BCUT2D eigenvalue weighted by molar-refractivity contribution is 5.94. The van der Waals surface area contributed by atoms with Gasteiger partial charge in [0.05, 0.1) is 24.5 Å². The third-order valence-electron chi connectivity index (χ3n) is 3.42. The molecule has 0 aliphatic carbocycles. The Labute approximate surface area is 127 Å². The zero-order valence-electron chi connectivity index (χ0n) is 11.9. The summed E-state index contributed by atoms with van der Waals surface area (Å²) in [6, 6.07) is 11.4. The lowest BCUT2D eigenvalue weighted by molar-refractivity contribution is -0.115. The first-order chi connectivity index (χ1) is 10.6. The van der Waals surface area contributed by atoms with Gasteiger partial charge in [-0.2, -0.15) is 0 Å². The van der Waals surface area contributed by atoms with E-state index in [-0.39, 0.29) is 18.1 Å². The fraction of sp³-hybridized carbons (Fsp3) is 0.188. The first-order valence-electron chi connectivity index (χ1n) is 6.95. The van der Waals surface area contributed by atoms with Crippen LogP contribution >= 0.6 is 0 Å². The number of ether oxygens (including phenoxy) is 1. The zero-order chi connectivity index (χ0) is 15.5. The SMILES string of the molecule is Nc1ccc2c(c1)N(CC(=O)Nc1ccccc1F)CCO2. The number of benzene rings is 2. The molecule has 3 N–H and O–H groups in total. The van der Waals surface area contributed by atoms with Gasteiger partial charge in [-0.05, 0) is 30.3 Å². The summed E-state index contributed by atoms with van der Waals surface area (Å²) in [6.07, 6.45) is 0. The highest BCUT2D eigenvalue weighted by Gasteiger charge is 2.20. The van der Waals surface area contributed by atoms with Crippen LogP contribution in [0.2, 0.25) is 0 Å². The average molecular weight is 301 g/mol. The molecule has 0 radical (unpaired) electrons. The maximum Gasteiger partial charge on any atom is 0.243 e. The minimum atomic E-state index is -0.456. The van der Waals surface area contributed by atoms with E-state index in [0.717, 1.165) is 5.69 Å². The standard InChI is InChI=1S/C16H16FN3O2/c17-12-3-1-2-4-13(12)19-16(21)10-20-7-8-22-15-6-5-11(18)9-14(15)20/h1-6,9H,7-8,10,18H2,(H,19,21). The normalized spacial score (nSPS) is 13.2. The molecule has 0 spiro atoms. The Morgan fingerprint density at radius 1 is 1.32 bits per heavy atom. The average Bonchev–Trinajstić information content (AvgIpc) is 2.50. The minimum Gasteiger partial charge on any atom is -0.490 e. The molecule has 6 heteroatoms. The molecule has 2 aromatic rings. The number of rotatable bonds is 3. The summed E-state index contributed by atoms with van der Waals surface area (Å²) in [5, 5.41) is 2.58. The van der Waals surface area contributed by atoms with Crippen LogP contribution in [0.5, 0.6) is 5.75 Å². The number of anilines is 3. The van der Waals surface area contributed by atoms with Crippen molar-refractivity contribution < 1.29 is 13.9 Å². The highest BCUT2D eigenvalue weighted by atomic mass is 19.1. The number of hydrogen-bond acceptors (Lipinski definition) is 4. The molecule has 0 fully saturated rings. The van der Waals surface area contributed by atoms with Gasteiger partial charge in [0.25, 0.3) is 0 Å². The molecule has 1 heterocycles. The van der Waals surface area contributed by atoms with Crippen LogP contribution in [0.4, 0.5) is 21.5 Å². The summed E-state index contributed by atoms with van der Waals surface area (Å²) >= 11 is 0. The van der Waals surface area contributed by atoms with Crippen molar-refractivity contribution in [2.45, 2.75) is 0 Å². The van der Waals surface area contributed by atoms with Crippen LogP contribution in [0.15, 0.2) is 42.5 Å². The molecule has 0 saturated heterocycles. The number of carbonyl (C=O) groups is 1. The van der Waals surface area contributed by atoms with Crippen LogP contribution < -0.4 is 20.7 Å². The van der Waals surface area contributed by atoms with Crippen LogP contribution in [0.1, 0.15) is 0 Å². The second kappa shape index (κ2) is 5.93. The number of fused-ring (bicyclic) bond motifs is 1. The highest BCUT2D eigenvalue weighted by Crippen LogP contribution is 2.33. The van der Waals surface area contributed by atoms with Gasteiger partial charge >= 0.3 is 0 Å². The van der Waals surface area contributed by atoms with E-state index in [1.807, 2.05) is 4.90 Å². The summed E-state index contributed by atoms with van der Waals surface area (Å²) < 4.78 is 19.1. The second-order valence-corrected chi connectivity index (χ2v) is 5.03. The molecule has 1 aliphatic rings. The van der Waals surface area contributed by atoms with Gasteiger partial charge in [0.1, 0.15) is 18.2 Å². The van der Waals surface area contributed by atoms with E-state index in [9.17, 15) is 9.18 Å². The minimum absolute atomic E-state index is 0.105. The molecule has 0 aromatic heterocycles. The van der Waals surface area contributed by atoms with Crippen molar-refractivity contribution in [1.29, 1.82) is 0 Å². The van der Waals surface area contributed by atoms with Crippen LogP contribution in [-0.2, 0) is 4.79 Å². The molecule has 5 nitrogen and oxygen atoms in total. The smallest absolute Gasteiger partial charge is 0.243 e. The van der Waals surface area contributed by atoms with Crippen molar-refractivity contribution >= 4 is 23.0 Å². The molecule has 0 bridgehead atoms. The first-order valence-corrected chi connectivity index (χ1v) is 6.95. The summed E-state index contributed by atoms with van der Waals surface area (Å²) in [7, 11) is 0. The largest absolute Gasteiger partial charge is 0.490 e. The number of hydrogen-bond donors (Lipinski definition) is 2. The molecule has 1 aliphatic heterocycles. The Balaban J connectivity index is 1.73. The van der Waals surface area contributed by atoms with Gasteiger partial charge in [-0.3, -0.25) is 4.79 Å². The summed E-state index contributed by atoms with van der Waals surface area (Å²) in [5.41, 5.74) is 7.33. The number of carbonyl (C=O) groups excluding carboxylic acids is 1. The Morgan fingerprint density at radius 2 is 2.14 bits per heavy atom. The molecule has 3 rings (SSSR count). The van der Waals surface area contributed by atoms with E-state index in [1.165, 1.54) is 12.1 Å². The second-order valence-electron chi connectivity index (χ2n) is 5.03. The van der Waals surface area contributed by atoms with Gasteiger partial charge in [0.15, 0.2) is 0 Å². The molecule has 0 unspecified atom stereocenters. The number of nitrogens with two attached hydrogens (primary N) is 1. The third kappa shape index (κ3) is 2.95. The van der Waals surface area contributed by atoms with Crippen molar-refractivity contribution in [2.24, 2.45) is 0 Å². The monoisotopic (exact) mass is 301 g/mol. The van der Waals surface area contributed by atoms with Crippen molar-refractivity contribution in [3.63, 3.8) is 0 Å². The van der Waals surface area contributed by atoms with Crippen LogP contribution in [0.25, 0.3) is 0 Å². The molecule has 22 heavy (non-hydrogen) atoms. The Kier molecular flexibility index (Phi) is 3.82. The van der Waals surface area contributed by atoms with E-state index < -0.39 is 5.82 Å². The fourth-order valence-electron chi connectivity index (χ4n) is 2.38. The van der Waals surface area contributed by atoms with Crippen molar-refractivity contribution in [3.8, 4) is 5.75 Å². The van der Waals surface area contributed by atoms with Crippen LogP contribution in [-0.4, -0.2) is 25.6 Å². The Bertz CT molecular complexity index is 706. The number of amides is 1. The summed E-state index contributed by atoms with van der Waals surface area (Å²) in [5.74, 6) is -0.0537. The fourth-order valence-corrected chi connectivity index (χ4v) is 2.38. The number of para-hydroxylation sites is 1. The van der Waals surface area contributed by atoms with Crippen molar-refractivity contribution in [3.05, 3.63) is 48.3 Å². The van der Waals surface area contributed by atoms with E-state index in [4.69, 9.17) is 10.5 Å². The van der Waals surface area contributed by atoms with E-state index in [0.29, 0.717) is 24.6 Å². The predicted molar refractivity (Wildman–Crippen MR) is 83.6 cm³/mol. The van der Waals surface area contributed by atoms with Gasteiger partial charge in [-0.15, -0.1) is 0 Å². The quantitative estimate of drug-likeness (QED) is 0.853. The molecular weight excluding hydrogens is 285 g/mol. The predicted octanol–water partition coefficient (Wildman–Crippen LogP) is 2.25. The molecule has 0 atom stereocenters. The number of nitrogens with one attached hydrogen (secondary N) is 1. The van der Waals surface area contributed by atoms with Gasteiger partial charge < -0.3 is 20.7 Å². The molecule has 1 amide bonds. The van der Waals surface area contributed by atoms with Gasteiger partial charge in [0.2, 0.25) is 5.91 Å². The van der Waals surface area contributed by atoms with Crippen LogP contribution in [0, 0.1) is 5.82 Å². The van der Waals surface area contributed by atoms with Crippen molar-refractivity contribution in [1.82, 2.24) is 0 Å². The molecule has 0 saturated carbocycles. The maximum absolute atomic E-state index is 13.6.